The molecule has 4 rings (SSSR count). The van der Waals surface area contributed by atoms with Gasteiger partial charge in [0.2, 0.25) is 0 Å². The third-order valence-corrected chi connectivity index (χ3v) is 4.62. The summed E-state index contributed by atoms with van der Waals surface area (Å²) in [6, 6.07) is 15.1. The quantitative estimate of drug-likeness (QED) is 0.597. The average Bonchev–Trinajstić information content (AvgIpc) is 3.25. The molecule has 1 aliphatic rings. The fourth-order valence-corrected chi connectivity index (χ4v) is 3.12. The van der Waals surface area contributed by atoms with Crippen LogP contribution in [0.4, 0.5) is 14.5 Å². The Labute approximate surface area is 183 Å². The molecule has 0 aliphatic carbocycles. The van der Waals surface area contributed by atoms with Gasteiger partial charge in [0.25, 0.3) is 5.91 Å². The highest BCUT2D eigenvalue weighted by Gasteiger charge is 2.16. The van der Waals surface area contributed by atoms with E-state index >= 15 is 0 Å². The summed E-state index contributed by atoms with van der Waals surface area (Å²) in [6.45, 7) is -0.589. The van der Waals surface area contributed by atoms with Crippen molar-refractivity contribution < 1.29 is 23.0 Å². The smallest absolute Gasteiger partial charge is 0.387 e. The minimum atomic E-state index is -2.88. The molecule has 2 heterocycles. The predicted molar refractivity (Wildman–Crippen MR) is 113 cm³/mol. The Morgan fingerprint density at radius 2 is 1.90 bits per heavy atom. The minimum absolute atomic E-state index is 0. The van der Waals surface area contributed by atoms with Gasteiger partial charge in [-0.1, -0.05) is 12.1 Å². The molecule has 0 saturated carbocycles. The SMILES string of the molecule is Cl.O=C(Nc1ccc([C@H]2CNCCO2)cc1)c1ccn(-c2ccc(OC(F)F)cc2)n1. The Balaban J connectivity index is 0.00000272. The summed E-state index contributed by atoms with van der Waals surface area (Å²) in [6.07, 6.45) is 1.63. The molecule has 1 saturated heterocycles. The van der Waals surface area contributed by atoms with Crippen LogP contribution in [0.3, 0.4) is 0 Å². The number of nitrogens with zero attached hydrogens (tertiary/aromatic N) is 2. The van der Waals surface area contributed by atoms with Gasteiger partial charge >= 0.3 is 6.61 Å². The second-order valence-electron chi connectivity index (χ2n) is 6.66. The van der Waals surface area contributed by atoms with Crippen molar-refractivity contribution >= 4 is 24.0 Å². The molecule has 0 spiro atoms. The predicted octanol–water partition coefficient (Wildman–Crippen LogP) is 3.81. The summed E-state index contributed by atoms with van der Waals surface area (Å²) in [5, 5.41) is 10.3. The van der Waals surface area contributed by atoms with Gasteiger partial charge in [-0.3, -0.25) is 4.79 Å². The number of ether oxygens (including phenoxy) is 2. The van der Waals surface area contributed by atoms with Gasteiger partial charge in [-0.15, -0.1) is 12.4 Å². The molecule has 1 fully saturated rings. The summed E-state index contributed by atoms with van der Waals surface area (Å²) >= 11 is 0. The zero-order valence-corrected chi connectivity index (χ0v) is 17.1. The molecule has 1 aromatic heterocycles. The Bertz CT molecular complexity index is 991. The fraction of sp³-hybridized carbons (Fsp3) is 0.238. The van der Waals surface area contributed by atoms with E-state index in [4.69, 9.17) is 4.74 Å². The van der Waals surface area contributed by atoms with Gasteiger partial charge in [-0.25, -0.2) is 4.68 Å². The third kappa shape index (κ3) is 5.78. The summed E-state index contributed by atoms with van der Waals surface area (Å²) < 4.78 is 36.0. The molecule has 2 aromatic carbocycles. The summed E-state index contributed by atoms with van der Waals surface area (Å²) in [5.74, 6) is -0.300. The number of rotatable bonds is 6. The van der Waals surface area contributed by atoms with Crippen LogP contribution in [0.15, 0.2) is 60.8 Å². The number of anilines is 1. The highest BCUT2D eigenvalue weighted by Crippen LogP contribution is 2.21. The topological polar surface area (TPSA) is 77.4 Å². The van der Waals surface area contributed by atoms with Crippen LogP contribution in [0.2, 0.25) is 0 Å². The number of halogens is 3. The maximum Gasteiger partial charge on any atom is 0.387 e. The molecule has 2 N–H and O–H groups in total. The number of morpholine rings is 1. The number of carbonyl (C=O) groups is 1. The molecule has 164 valence electrons. The van der Waals surface area contributed by atoms with Gasteiger partial charge in [-0.05, 0) is 48.0 Å². The Hall–Kier alpha value is -3.01. The van der Waals surface area contributed by atoms with Crippen LogP contribution in [0.1, 0.15) is 22.2 Å². The molecule has 0 bridgehead atoms. The number of nitrogens with one attached hydrogen (secondary N) is 2. The van der Waals surface area contributed by atoms with E-state index in [9.17, 15) is 13.6 Å². The normalized spacial score (nSPS) is 15.9. The van der Waals surface area contributed by atoms with Gasteiger partial charge < -0.3 is 20.1 Å². The van der Waals surface area contributed by atoms with Crippen LogP contribution in [0.25, 0.3) is 5.69 Å². The lowest BCUT2D eigenvalue weighted by Gasteiger charge is -2.24. The van der Waals surface area contributed by atoms with Gasteiger partial charge in [0.1, 0.15) is 5.75 Å². The lowest BCUT2D eigenvalue weighted by atomic mass is 10.1. The monoisotopic (exact) mass is 450 g/mol. The van der Waals surface area contributed by atoms with Crippen LogP contribution >= 0.6 is 12.4 Å². The average molecular weight is 451 g/mol. The molecule has 0 radical (unpaired) electrons. The van der Waals surface area contributed by atoms with E-state index in [1.54, 1.807) is 24.4 Å². The van der Waals surface area contributed by atoms with E-state index in [1.165, 1.54) is 16.8 Å². The number of benzene rings is 2. The van der Waals surface area contributed by atoms with Crippen molar-refractivity contribution in [2.75, 3.05) is 25.0 Å². The summed E-state index contributed by atoms with van der Waals surface area (Å²) in [4.78, 5) is 12.5. The van der Waals surface area contributed by atoms with Crippen molar-refractivity contribution in [2.45, 2.75) is 12.7 Å². The van der Waals surface area contributed by atoms with E-state index in [0.717, 1.165) is 18.7 Å². The van der Waals surface area contributed by atoms with Crippen molar-refractivity contribution in [3.8, 4) is 11.4 Å². The largest absolute Gasteiger partial charge is 0.435 e. The number of hydrogen-bond acceptors (Lipinski definition) is 5. The Morgan fingerprint density at radius 1 is 1.16 bits per heavy atom. The van der Waals surface area contributed by atoms with Crippen molar-refractivity contribution in [1.29, 1.82) is 0 Å². The van der Waals surface area contributed by atoms with Crippen LogP contribution in [-0.4, -0.2) is 42.0 Å². The van der Waals surface area contributed by atoms with Gasteiger partial charge in [0.15, 0.2) is 5.69 Å². The molecule has 1 aliphatic heterocycles. The van der Waals surface area contributed by atoms with E-state index in [2.05, 4.69) is 20.5 Å². The Kier molecular flexibility index (Phi) is 7.56. The molecule has 10 heteroatoms. The Morgan fingerprint density at radius 3 is 2.55 bits per heavy atom. The van der Waals surface area contributed by atoms with E-state index in [1.807, 2.05) is 24.3 Å². The maximum atomic E-state index is 12.5. The number of amides is 1. The summed E-state index contributed by atoms with van der Waals surface area (Å²) in [5.41, 5.74) is 2.53. The molecule has 0 unspecified atom stereocenters. The van der Waals surface area contributed by atoms with Crippen LogP contribution in [0, 0.1) is 0 Å². The minimum Gasteiger partial charge on any atom is -0.435 e. The first kappa shape index (κ1) is 22.7. The lowest BCUT2D eigenvalue weighted by molar-refractivity contribution is -0.0498. The van der Waals surface area contributed by atoms with Crippen LogP contribution in [-0.2, 0) is 4.74 Å². The van der Waals surface area contributed by atoms with Crippen molar-refractivity contribution in [3.05, 3.63) is 72.1 Å². The number of hydrogen-bond donors (Lipinski definition) is 2. The molecule has 7 nitrogen and oxygen atoms in total. The van der Waals surface area contributed by atoms with Crippen LogP contribution < -0.4 is 15.4 Å². The molecule has 3 aromatic rings. The first-order valence-electron chi connectivity index (χ1n) is 9.43. The zero-order valence-electron chi connectivity index (χ0n) is 16.3. The first-order chi connectivity index (χ1) is 14.6. The number of alkyl halides is 2. The fourth-order valence-electron chi connectivity index (χ4n) is 3.12. The standard InChI is InChI=1S/C21H20F2N4O3.ClH/c22-21(23)30-17-7-5-16(6-8-17)27-11-9-18(26-27)20(28)25-15-3-1-14(2-4-15)19-13-24-10-12-29-19;/h1-9,11,19,21,24H,10,12-13H2,(H,25,28);1H/t19-;/m1./s1. The van der Waals surface area contributed by atoms with Crippen LogP contribution in [0.5, 0.6) is 5.75 Å². The second-order valence-corrected chi connectivity index (χ2v) is 6.66. The lowest BCUT2D eigenvalue weighted by Crippen LogP contribution is -2.33. The highest BCUT2D eigenvalue weighted by molar-refractivity contribution is 6.02. The molecular formula is C21H21ClF2N4O3. The zero-order chi connectivity index (χ0) is 20.9. The van der Waals surface area contributed by atoms with E-state index in [0.29, 0.717) is 18.0 Å². The molecular weight excluding hydrogens is 430 g/mol. The first-order valence-corrected chi connectivity index (χ1v) is 9.43. The molecule has 31 heavy (non-hydrogen) atoms. The van der Waals surface area contributed by atoms with Crippen molar-refractivity contribution in [1.82, 2.24) is 15.1 Å². The maximum absolute atomic E-state index is 12.5. The molecule has 1 amide bonds. The molecule has 1 atom stereocenters. The summed E-state index contributed by atoms with van der Waals surface area (Å²) in [7, 11) is 0. The highest BCUT2D eigenvalue weighted by atomic mass is 35.5. The third-order valence-electron chi connectivity index (χ3n) is 4.62. The van der Waals surface area contributed by atoms with E-state index in [-0.39, 0.29) is 35.9 Å². The van der Waals surface area contributed by atoms with E-state index < -0.39 is 6.61 Å². The number of aromatic nitrogens is 2. The van der Waals surface area contributed by atoms with Gasteiger partial charge in [0.05, 0.1) is 18.4 Å². The number of carbonyl (C=O) groups excluding carboxylic acids is 1. The second kappa shape index (κ2) is 10.3. The van der Waals surface area contributed by atoms with Gasteiger partial charge in [-0.2, -0.15) is 13.9 Å². The van der Waals surface area contributed by atoms with Gasteiger partial charge in [0, 0.05) is 25.0 Å². The van der Waals surface area contributed by atoms with Crippen molar-refractivity contribution in [2.24, 2.45) is 0 Å². The van der Waals surface area contributed by atoms with Crippen molar-refractivity contribution in [3.63, 3.8) is 0 Å².